The van der Waals surface area contributed by atoms with Crippen molar-refractivity contribution >= 4 is 18.4 Å². The minimum Gasteiger partial charge on any atom is -0.321 e. The molecule has 3 heteroatoms. The first-order valence-corrected chi connectivity index (χ1v) is 3.79. The SMILES string of the molecule is C=C/C=C(\S)CC(N)C(C)=O. The third kappa shape index (κ3) is 4.81. The smallest absolute Gasteiger partial charge is 0.146 e. The number of allylic oxidation sites excluding steroid dienone is 2. The molecular weight excluding hydrogens is 158 g/mol. The molecule has 0 aliphatic carbocycles. The van der Waals surface area contributed by atoms with Crippen molar-refractivity contribution in [3.63, 3.8) is 0 Å². The minimum atomic E-state index is -0.432. The molecule has 0 heterocycles. The zero-order valence-electron chi connectivity index (χ0n) is 6.58. The van der Waals surface area contributed by atoms with Gasteiger partial charge in [0.15, 0.2) is 0 Å². The van der Waals surface area contributed by atoms with Crippen molar-refractivity contribution in [3.05, 3.63) is 23.6 Å². The van der Waals surface area contributed by atoms with E-state index in [2.05, 4.69) is 19.2 Å². The van der Waals surface area contributed by atoms with Crippen LogP contribution in [0.2, 0.25) is 0 Å². The number of ketones is 1. The van der Waals surface area contributed by atoms with Gasteiger partial charge in [0.2, 0.25) is 0 Å². The van der Waals surface area contributed by atoms with Gasteiger partial charge in [0.25, 0.3) is 0 Å². The summed E-state index contributed by atoms with van der Waals surface area (Å²) in [6.07, 6.45) is 3.84. The first kappa shape index (κ1) is 10.5. The van der Waals surface area contributed by atoms with Crippen LogP contribution in [0.25, 0.3) is 0 Å². The fourth-order valence-corrected chi connectivity index (χ4v) is 0.875. The molecule has 2 N–H and O–H groups in total. The van der Waals surface area contributed by atoms with Crippen LogP contribution in [0.3, 0.4) is 0 Å². The summed E-state index contributed by atoms with van der Waals surface area (Å²) < 4.78 is 0. The molecule has 0 bridgehead atoms. The molecule has 0 saturated carbocycles. The van der Waals surface area contributed by atoms with Gasteiger partial charge in [-0.1, -0.05) is 18.7 Å². The van der Waals surface area contributed by atoms with Crippen molar-refractivity contribution < 1.29 is 4.79 Å². The van der Waals surface area contributed by atoms with Gasteiger partial charge in [-0.25, -0.2) is 0 Å². The summed E-state index contributed by atoms with van der Waals surface area (Å²) in [4.78, 5) is 11.5. The van der Waals surface area contributed by atoms with Gasteiger partial charge in [-0.2, -0.15) is 0 Å². The van der Waals surface area contributed by atoms with Crippen molar-refractivity contribution in [2.24, 2.45) is 5.73 Å². The molecule has 11 heavy (non-hydrogen) atoms. The summed E-state index contributed by atoms with van der Waals surface area (Å²) in [6, 6.07) is -0.432. The Morgan fingerprint density at radius 1 is 1.82 bits per heavy atom. The third-order valence-corrected chi connectivity index (χ3v) is 1.59. The van der Waals surface area contributed by atoms with Gasteiger partial charge in [-0.05, 0) is 11.8 Å². The van der Waals surface area contributed by atoms with Crippen LogP contribution >= 0.6 is 12.6 Å². The normalized spacial score (nSPS) is 14.3. The van der Waals surface area contributed by atoms with Crippen molar-refractivity contribution in [1.29, 1.82) is 0 Å². The lowest BCUT2D eigenvalue weighted by molar-refractivity contribution is -0.118. The lowest BCUT2D eigenvalue weighted by Gasteiger charge is -2.05. The second kappa shape index (κ2) is 5.16. The van der Waals surface area contributed by atoms with Gasteiger partial charge in [-0.3, -0.25) is 4.79 Å². The number of hydrogen-bond donors (Lipinski definition) is 2. The molecule has 0 fully saturated rings. The summed E-state index contributed by atoms with van der Waals surface area (Å²) in [5.41, 5.74) is 5.47. The predicted octanol–water partition coefficient (Wildman–Crippen LogP) is 1.29. The lowest BCUT2D eigenvalue weighted by atomic mass is 10.1. The second-order valence-corrected chi connectivity index (χ2v) is 2.89. The average Bonchev–Trinajstić information content (AvgIpc) is 1.87. The van der Waals surface area contributed by atoms with Crippen molar-refractivity contribution in [3.8, 4) is 0 Å². The predicted molar refractivity (Wildman–Crippen MR) is 50.5 cm³/mol. The largest absolute Gasteiger partial charge is 0.321 e. The molecule has 0 spiro atoms. The summed E-state index contributed by atoms with van der Waals surface area (Å²) in [7, 11) is 0. The van der Waals surface area contributed by atoms with E-state index in [1.54, 1.807) is 12.2 Å². The first-order chi connectivity index (χ1) is 5.07. The number of rotatable bonds is 4. The maximum atomic E-state index is 10.7. The van der Waals surface area contributed by atoms with Gasteiger partial charge in [0, 0.05) is 6.42 Å². The van der Waals surface area contributed by atoms with E-state index >= 15 is 0 Å². The van der Waals surface area contributed by atoms with Crippen LogP contribution < -0.4 is 5.73 Å². The van der Waals surface area contributed by atoms with Gasteiger partial charge < -0.3 is 5.73 Å². The molecule has 0 amide bonds. The Balaban J connectivity index is 3.94. The molecule has 62 valence electrons. The molecule has 0 saturated heterocycles. The third-order valence-electron chi connectivity index (χ3n) is 1.26. The standard InChI is InChI=1S/C8H13NOS/c1-3-4-7(11)5-8(9)6(2)10/h3-4,8,11H,1,5,9H2,2H3/b7-4-. The highest BCUT2D eigenvalue weighted by molar-refractivity contribution is 7.84. The topological polar surface area (TPSA) is 43.1 Å². The van der Waals surface area contributed by atoms with Crippen LogP contribution in [0.1, 0.15) is 13.3 Å². The summed E-state index contributed by atoms with van der Waals surface area (Å²) in [5.74, 6) is -0.0194. The van der Waals surface area contributed by atoms with Crippen LogP contribution in [0.4, 0.5) is 0 Å². The summed E-state index contributed by atoms with van der Waals surface area (Å²) in [6.45, 7) is 4.97. The maximum Gasteiger partial charge on any atom is 0.146 e. The fourth-order valence-electron chi connectivity index (χ4n) is 0.573. The summed E-state index contributed by atoms with van der Waals surface area (Å²) >= 11 is 4.10. The number of hydrogen-bond acceptors (Lipinski definition) is 3. The minimum absolute atomic E-state index is 0.0194. The Morgan fingerprint density at radius 3 is 2.73 bits per heavy atom. The van der Waals surface area contributed by atoms with E-state index in [1.807, 2.05) is 0 Å². The van der Waals surface area contributed by atoms with E-state index in [4.69, 9.17) is 5.73 Å². The van der Waals surface area contributed by atoms with Gasteiger partial charge in [0.05, 0.1) is 6.04 Å². The van der Waals surface area contributed by atoms with E-state index in [0.717, 1.165) is 4.91 Å². The van der Waals surface area contributed by atoms with Crippen LogP contribution in [0.5, 0.6) is 0 Å². The monoisotopic (exact) mass is 171 g/mol. The van der Waals surface area contributed by atoms with E-state index in [-0.39, 0.29) is 5.78 Å². The van der Waals surface area contributed by atoms with Gasteiger partial charge in [0.1, 0.15) is 5.78 Å². The molecule has 1 unspecified atom stereocenters. The molecule has 1 atom stereocenters. The Bertz CT molecular complexity index is 187. The molecule has 0 aliphatic rings. The number of carbonyl (C=O) groups excluding carboxylic acids is 1. The zero-order valence-corrected chi connectivity index (χ0v) is 7.47. The highest BCUT2D eigenvalue weighted by Crippen LogP contribution is 2.08. The van der Waals surface area contributed by atoms with Crippen LogP contribution in [0.15, 0.2) is 23.6 Å². The van der Waals surface area contributed by atoms with Crippen LogP contribution in [0, 0.1) is 0 Å². The lowest BCUT2D eigenvalue weighted by Crippen LogP contribution is -2.27. The number of thiol groups is 1. The molecular formula is C8H13NOS. The van der Waals surface area contributed by atoms with Gasteiger partial charge >= 0.3 is 0 Å². The molecule has 0 radical (unpaired) electrons. The Kier molecular flexibility index (Phi) is 4.90. The molecule has 0 aromatic rings. The van der Waals surface area contributed by atoms with E-state index in [9.17, 15) is 4.79 Å². The molecule has 0 aromatic heterocycles. The number of nitrogens with two attached hydrogens (primary N) is 1. The highest BCUT2D eigenvalue weighted by atomic mass is 32.1. The number of carbonyl (C=O) groups is 1. The van der Waals surface area contributed by atoms with E-state index < -0.39 is 6.04 Å². The Hall–Kier alpha value is -0.540. The van der Waals surface area contributed by atoms with E-state index in [1.165, 1.54) is 6.92 Å². The molecule has 2 nitrogen and oxygen atoms in total. The second-order valence-electron chi connectivity index (χ2n) is 2.31. The van der Waals surface area contributed by atoms with Crippen LogP contribution in [-0.4, -0.2) is 11.8 Å². The quantitative estimate of drug-likeness (QED) is 0.494. The maximum absolute atomic E-state index is 10.7. The molecule has 0 aromatic carbocycles. The fraction of sp³-hybridized carbons (Fsp3) is 0.375. The molecule has 0 rings (SSSR count). The van der Waals surface area contributed by atoms with Crippen molar-refractivity contribution in [2.75, 3.05) is 0 Å². The Labute approximate surface area is 72.6 Å². The van der Waals surface area contributed by atoms with Crippen molar-refractivity contribution in [1.82, 2.24) is 0 Å². The van der Waals surface area contributed by atoms with Crippen molar-refractivity contribution in [2.45, 2.75) is 19.4 Å². The number of Topliss-reactive ketones (excluding diaryl/α,β-unsaturated/α-hetero) is 1. The molecule has 0 aliphatic heterocycles. The average molecular weight is 171 g/mol. The van der Waals surface area contributed by atoms with Gasteiger partial charge in [-0.15, -0.1) is 12.6 Å². The zero-order chi connectivity index (χ0) is 8.85. The van der Waals surface area contributed by atoms with E-state index in [0.29, 0.717) is 6.42 Å². The Morgan fingerprint density at radius 2 is 2.36 bits per heavy atom. The summed E-state index contributed by atoms with van der Waals surface area (Å²) in [5, 5.41) is 0. The van der Waals surface area contributed by atoms with Crippen LogP contribution in [-0.2, 0) is 4.79 Å². The highest BCUT2D eigenvalue weighted by Gasteiger charge is 2.07. The first-order valence-electron chi connectivity index (χ1n) is 3.34.